The number of hydrogen-bond acceptors (Lipinski definition) is 5. The van der Waals surface area contributed by atoms with Crippen LogP contribution in [0.4, 0.5) is 18.9 Å². The maximum atomic E-state index is 13.4. The Kier molecular flexibility index (Phi) is 6.87. The highest BCUT2D eigenvalue weighted by Crippen LogP contribution is 2.47. The van der Waals surface area contributed by atoms with Crippen LogP contribution in [0.25, 0.3) is 0 Å². The number of carbonyl (C=O) groups excluding carboxylic acids is 1. The number of halogens is 3. The molecule has 3 fully saturated rings. The second-order valence-corrected chi connectivity index (χ2v) is 9.45. The number of benzene rings is 1. The minimum atomic E-state index is -4.57. The van der Waals surface area contributed by atoms with Crippen molar-refractivity contribution in [2.75, 3.05) is 58.0 Å². The molecular weight excluding hydrogens is 435 g/mol. The minimum Gasteiger partial charge on any atom is -0.382 e. The Bertz CT molecular complexity index is 902. The van der Waals surface area contributed by atoms with Crippen molar-refractivity contribution >= 4 is 11.6 Å². The number of hydrogen-bond donors (Lipinski definition) is 0. The highest BCUT2D eigenvalue weighted by Gasteiger charge is 2.51. The molecule has 4 rings (SSSR count). The lowest BCUT2D eigenvalue weighted by Crippen LogP contribution is -2.45. The van der Waals surface area contributed by atoms with E-state index in [1.807, 2.05) is 9.80 Å². The van der Waals surface area contributed by atoms with Gasteiger partial charge in [-0.1, -0.05) is 0 Å². The summed E-state index contributed by atoms with van der Waals surface area (Å²) in [5.74, 6) is 0.596. The summed E-state index contributed by atoms with van der Waals surface area (Å²) in [6.07, 6.45) is -1.09. The van der Waals surface area contributed by atoms with Gasteiger partial charge in [-0.05, 0) is 49.3 Å². The monoisotopic (exact) mass is 465 g/mol. The Morgan fingerprint density at radius 2 is 1.97 bits per heavy atom. The molecule has 0 aromatic heterocycles. The zero-order chi connectivity index (χ0) is 23.6. The normalized spacial score (nSPS) is 22.6. The van der Waals surface area contributed by atoms with Gasteiger partial charge in [0.1, 0.15) is 0 Å². The molecule has 0 radical (unpaired) electrons. The Morgan fingerprint density at radius 3 is 2.58 bits per heavy atom. The van der Waals surface area contributed by atoms with Gasteiger partial charge in [-0.15, -0.1) is 0 Å². The molecule has 2 saturated heterocycles. The van der Waals surface area contributed by atoms with Crippen LogP contribution in [0.5, 0.6) is 0 Å². The van der Waals surface area contributed by atoms with Crippen molar-refractivity contribution in [2.24, 2.45) is 17.3 Å². The van der Waals surface area contributed by atoms with Crippen molar-refractivity contribution in [3.05, 3.63) is 29.3 Å². The molecule has 1 amide bonds. The summed E-state index contributed by atoms with van der Waals surface area (Å²) in [5, 5.41) is 9.05. The second kappa shape index (κ2) is 9.51. The van der Waals surface area contributed by atoms with E-state index in [4.69, 9.17) is 14.7 Å². The van der Waals surface area contributed by atoms with Crippen molar-refractivity contribution in [2.45, 2.75) is 31.9 Å². The van der Waals surface area contributed by atoms with Gasteiger partial charge in [0.05, 0.1) is 37.0 Å². The lowest BCUT2D eigenvalue weighted by atomic mass is 9.71. The van der Waals surface area contributed by atoms with Crippen molar-refractivity contribution in [1.82, 2.24) is 4.90 Å². The van der Waals surface area contributed by atoms with Gasteiger partial charge < -0.3 is 19.3 Å². The SMILES string of the molecule is COCCOCC1CN(C(=O)C2CC2)CC12CCN(c1ccc(C#N)c(C(F)(F)F)c1)CC2. The second-order valence-electron chi connectivity index (χ2n) is 9.45. The molecule has 0 bridgehead atoms. The molecule has 1 aromatic rings. The van der Waals surface area contributed by atoms with Crippen LogP contribution in [0, 0.1) is 28.6 Å². The highest BCUT2D eigenvalue weighted by atomic mass is 19.4. The Labute approximate surface area is 192 Å². The van der Waals surface area contributed by atoms with Gasteiger partial charge in [-0.2, -0.15) is 18.4 Å². The number of ether oxygens (including phenoxy) is 2. The van der Waals surface area contributed by atoms with Gasteiger partial charge in [-0.3, -0.25) is 4.79 Å². The van der Waals surface area contributed by atoms with Gasteiger partial charge in [0.15, 0.2) is 0 Å². The summed E-state index contributed by atoms with van der Waals surface area (Å²) in [6, 6.07) is 5.56. The van der Waals surface area contributed by atoms with Gasteiger partial charge in [0.2, 0.25) is 5.91 Å². The molecule has 1 atom stereocenters. The van der Waals surface area contributed by atoms with Gasteiger partial charge >= 0.3 is 6.18 Å². The molecular formula is C24H30F3N3O3. The Balaban J connectivity index is 1.47. The summed E-state index contributed by atoms with van der Waals surface area (Å²) in [5.41, 5.74) is -0.867. The number of likely N-dealkylation sites (tertiary alicyclic amines) is 1. The molecule has 6 nitrogen and oxygen atoms in total. The minimum absolute atomic E-state index is 0.0897. The summed E-state index contributed by atoms with van der Waals surface area (Å²) < 4.78 is 51.1. The summed E-state index contributed by atoms with van der Waals surface area (Å²) in [6.45, 7) is 4.13. The third-order valence-electron chi connectivity index (χ3n) is 7.36. The molecule has 1 saturated carbocycles. The third kappa shape index (κ3) is 5.12. The van der Waals surface area contributed by atoms with Crippen LogP contribution in [0.3, 0.4) is 0 Å². The van der Waals surface area contributed by atoms with Crippen molar-refractivity contribution < 1.29 is 27.4 Å². The van der Waals surface area contributed by atoms with E-state index in [1.165, 1.54) is 6.07 Å². The van der Waals surface area contributed by atoms with Crippen LogP contribution in [0.15, 0.2) is 18.2 Å². The van der Waals surface area contributed by atoms with E-state index in [0.717, 1.165) is 31.7 Å². The molecule has 2 heterocycles. The Morgan fingerprint density at radius 1 is 1.24 bits per heavy atom. The number of nitriles is 1. The lowest BCUT2D eigenvalue weighted by Gasteiger charge is -2.43. The van der Waals surface area contributed by atoms with E-state index in [9.17, 15) is 18.0 Å². The largest absolute Gasteiger partial charge is 0.417 e. The maximum absolute atomic E-state index is 13.4. The van der Waals surface area contributed by atoms with Crippen LogP contribution in [0.1, 0.15) is 36.8 Å². The molecule has 0 N–H and O–H groups in total. The first-order valence-electron chi connectivity index (χ1n) is 11.5. The zero-order valence-corrected chi connectivity index (χ0v) is 18.9. The van der Waals surface area contributed by atoms with E-state index in [2.05, 4.69) is 0 Å². The molecule has 2 aliphatic heterocycles. The average molecular weight is 466 g/mol. The van der Waals surface area contributed by atoms with Gasteiger partial charge in [-0.25, -0.2) is 0 Å². The summed E-state index contributed by atoms with van der Waals surface area (Å²) in [7, 11) is 1.62. The fourth-order valence-corrected chi connectivity index (χ4v) is 5.22. The summed E-state index contributed by atoms with van der Waals surface area (Å²) in [4.78, 5) is 16.7. The summed E-state index contributed by atoms with van der Waals surface area (Å²) >= 11 is 0. The van der Waals surface area contributed by atoms with Crippen molar-refractivity contribution in [1.29, 1.82) is 5.26 Å². The molecule has 33 heavy (non-hydrogen) atoms. The molecule has 1 unspecified atom stereocenters. The van der Waals surface area contributed by atoms with Gasteiger partial charge in [0, 0.05) is 50.8 Å². The molecule has 1 aromatic carbocycles. The van der Waals surface area contributed by atoms with E-state index in [0.29, 0.717) is 51.7 Å². The Hall–Kier alpha value is -2.31. The number of carbonyl (C=O) groups is 1. The smallest absolute Gasteiger partial charge is 0.382 e. The number of rotatable bonds is 7. The van der Waals surface area contributed by atoms with E-state index in [1.54, 1.807) is 19.2 Å². The van der Waals surface area contributed by atoms with Crippen LogP contribution in [-0.2, 0) is 20.4 Å². The van der Waals surface area contributed by atoms with E-state index >= 15 is 0 Å². The predicted octanol–water partition coefficient (Wildman–Crippen LogP) is 3.70. The molecule has 180 valence electrons. The number of piperidine rings is 1. The van der Waals surface area contributed by atoms with Crippen LogP contribution < -0.4 is 4.90 Å². The molecule has 1 aliphatic carbocycles. The van der Waals surface area contributed by atoms with Crippen LogP contribution >= 0.6 is 0 Å². The number of nitrogens with zero attached hydrogens (tertiary/aromatic N) is 3. The average Bonchev–Trinajstić information content (AvgIpc) is 3.59. The standard InChI is InChI=1S/C24H30F3N3O3/c1-32-10-11-33-15-19-14-30(22(31)17-2-3-17)16-23(19)6-8-29(9-7-23)20-5-4-18(13-28)21(12-20)24(25,26)27/h4-5,12,17,19H,2-3,6-11,14-16H2,1H3. The quantitative estimate of drug-likeness (QED) is 0.575. The van der Waals surface area contributed by atoms with E-state index in [-0.39, 0.29) is 28.7 Å². The fourth-order valence-electron chi connectivity index (χ4n) is 5.22. The highest BCUT2D eigenvalue weighted by molar-refractivity contribution is 5.81. The maximum Gasteiger partial charge on any atom is 0.417 e. The number of anilines is 1. The van der Waals surface area contributed by atoms with Crippen LogP contribution in [0.2, 0.25) is 0 Å². The molecule has 1 spiro atoms. The van der Waals surface area contributed by atoms with Gasteiger partial charge in [0.25, 0.3) is 0 Å². The number of amides is 1. The van der Waals surface area contributed by atoms with Crippen molar-refractivity contribution in [3.63, 3.8) is 0 Å². The number of alkyl halides is 3. The van der Waals surface area contributed by atoms with E-state index < -0.39 is 11.7 Å². The molecule has 3 aliphatic rings. The number of methoxy groups -OCH3 is 1. The first-order valence-corrected chi connectivity index (χ1v) is 11.5. The predicted molar refractivity (Wildman–Crippen MR) is 116 cm³/mol. The van der Waals surface area contributed by atoms with Crippen molar-refractivity contribution in [3.8, 4) is 6.07 Å². The topological polar surface area (TPSA) is 65.8 Å². The lowest BCUT2D eigenvalue weighted by molar-refractivity contribution is -0.137. The molecule has 9 heteroatoms. The third-order valence-corrected chi connectivity index (χ3v) is 7.36. The first-order chi connectivity index (χ1) is 15.8. The first kappa shape index (κ1) is 23.8. The van der Waals surface area contributed by atoms with Crippen LogP contribution in [-0.4, -0.2) is 63.9 Å². The zero-order valence-electron chi connectivity index (χ0n) is 18.9. The fraction of sp³-hybridized carbons (Fsp3) is 0.667.